The topological polar surface area (TPSA) is 35.3 Å². The highest BCUT2D eigenvalue weighted by Crippen LogP contribution is 2.26. The number of rotatable bonds is 1. The van der Waals surface area contributed by atoms with Crippen molar-refractivity contribution in [2.45, 2.75) is 6.36 Å². The minimum absolute atomic E-state index is 0.265. The summed E-state index contributed by atoms with van der Waals surface area (Å²) in [5.74, 6) is -0.317. The molecule has 2 aromatic rings. The summed E-state index contributed by atoms with van der Waals surface area (Å²) >= 11 is 1.83. The number of fused-ring (bicyclic) bond motifs is 1. The van der Waals surface area contributed by atoms with E-state index in [0.29, 0.717) is 9.41 Å². The van der Waals surface area contributed by atoms with Crippen LogP contribution in [0.5, 0.6) is 5.75 Å². The molecule has 15 heavy (non-hydrogen) atoms. The Morgan fingerprint density at radius 1 is 1.33 bits per heavy atom. The van der Waals surface area contributed by atoms with Gasteiger partial charge in [-0.1, -0.05) is 0 Å². The number of benzene rings is 1. The molecule has 80 valence electrons. The molecule has 3 nitrogen and oxygen atoms in total. The first kappa shape index (κ1) is 10.5. The van der Waals surface area contributed by atoms with Gasteiger partial charge in [-0.15, -0.1) is 13.2 Å². The third-order valence-corrected chi connectivity index (χ3v) is 2.03. The maximum Gasteiger partial charge on any atom is 0.573 e. The van der Waals surface area contributed by atoms with Crippen LogP contribution in [-0.4, -0.2) is 11.3 Å². The maximum absolute atomic E-state index is 11.9. The van der Waals surface area contributed by atoms with E-state index >= 15 is 0 Å². The Morgan fingerprint density at radius 2 is 2.07 bits per heavy atom. The fourth-order valence-corrected chi connectivity index (χ4v) is 1.57. The van der Waals surface area contributed by atoms with Crippen LogP contribution in [0.25, 0.3) is 11.1 Å². The van der Waals surface area contributed by atoms with E-state index in [2.05, 4.69) is 9.72 Å². The highest BCUT2D eigenvalue weighted by atomic mass is 127. The molecule has 0 saturated heterocycles. The predicted octanol–water partition coefficient (Wildman–Crippen LogP) is 3.33. The standard InChI is InChI=1S/C8H3F3INO2/c9-8(10,11)15-4-1-2-5-6(3-4)14-7(12)13-5/h1-3H. The Kier molecular flexibility index (Phi) is 2.49. The van der Waals surface area contributed by atoms with Crippen molar-refractivity contribution in [3.05, 3.63) is 22.1 Å². The van der Waals surface area contributed by atoms with Crippen LogP contribution in [0.2, 0.25) is 0 Å². The molecule has 0 aliphatic carbocycles. The second-order valence-electron chi connectivity index (χ2n) is 2.64. The van der Waals surface area contributed by atoms with Gasteiger partial charge in [-0.3, -0.25) is 0 Å². The molecule has 0 aliphatic heterocycles. The Bertz CT molecular complexity index is 494. The van der Waals surface area contributed by atoms with Gasteiger partial charge in [-0.25, -0.2) is 4.98 Å². The SMILES string of the molecule is FC(F)(F)Oc1ccc2nc(I)oc2c1. The van der Waals surface area contributed by atoms with Crippen molar-refractivity contribution in [2.24, 2.45) is 0 Å². The van der Waals surface area contributed by atoms with Crippen LogP contribution in [-0.2, 0) is 0 Å². The largest absolute Gasteiger partial charge is 0.573 e. The fourth-order valence-electron chi connectivity index (χ4n) is 1.07. The Balaban J connectivity index is 2.38. The van der Waals surface area contributed by atoms with Crippen molar-refractivity contribution in [3.63, 3.8) is 0 Å². The van der Waals surface area contributed by atoms with Gasteiger partial charge < -0.3 is 9.15 Å². The number of halogens is 4. The average molecular weight is 329 g/mol. The molecule has 0 spiro atoms. The summed E-state index contributed by atoms with van der Waals surface area (Å²) in [5, 5.41) is 0. The van der Waals surface area contributed by atoms with Gasteiger partial charge in [-0.2, -0.15) is 0 Å². The van der Waals surface area contributed by atoms with Gasteiger partial charge >= 0.3 is 6.36 Å². The third-order valence-electron chi connectivity index (χ3n) is 1.57. The van der Waals surface area contributed by atoms with Crippen LogP contribution in [0.15, 0.2) is 22.6 Å². The van der Waals surface area contributed by atoms with Crippen molar-refractivity contribution >= 4 is 33.7 Å². The zero-order valence-electron chi connectivity index (χ0n) is 7.01. The molecule has 1 heterocycles. The lowest BCUT2D eigenvalue weighted by atomic mass is 10.3. The lowest BCUT2D eigenvalue weighted by Gasteiger charge is -2.07. The number of hydrogen-bond donors (Lipinski definition) is 0. The molecule has 7 heteroatoms. The normalized spacial score (nSPS) is 12.0. The van der Waals surface area contributed by atoms with Crippen LogP contribution in [0.4, 0.5) is 13.2 Å². The molecule has 0 aliphatic rings. The molecule has 0 N–H and O–H groups in total. The Morgan fingerprint density at radius 3 is 2.73 bits per heavy atom. The molecular weight excluding hydrogens is 326 g/mol. The molecule has 0 unspecified atom stereocenters. The Hall–Kier alpha value is -0.990. The molecule has 0 bridgehead atoms. The minimum Gasteiger partial charge on any atom is -0.432 e. The van der Waals surface area contributed by atoms with Crippen molar-refractivity contribution in [2.75, 3.05) is 0 Å². The van der Waals surface area contributed by atoms with E-state index in [4.69, 9.17) is 4.42 Å². The summed E-state index contributed by atoms with van der Waals surface area (Å²) in [4.78, 5) is 3.93. The smallest absolute Gasteiger partial charge is 0.432 e. The number of ether oxygens (including phenoxy) is 1. The first-order chi connectivity index (χ1) is 6.94. The third kappa shape index (κ3) is 2.52. The first-order valence-electron chi connectivity index (χ1n) is 3.76. The molecule has 1 aromatic heterocycles. The number of nitrogens with zero attached hydrogens (tertiary/aromatic N) is 1. The summed E-state index contributed by atoms with van der Waals surface area (Å²) in [6.45, 7) is 0. The van der Waals surface area contributed by atoms with E-state index < -0.39 is 6.36 Å². The van der Waals surface area contributed by atoms with E-state index in [1.165, 1.54) is 12.1 Å². The highest BCUT2D eigenvalue weighted by Gasteiger charge is 2.31. The molecule has 0 fully saturated rings. The zero-order chi connectivity index (χ0) is 11.1. The number of hydrogen-bond acceptors (Lipinski definition) is 3. The molecular formula is C8H3F3INO2. The average Bonchev–Trinajstić information content (AvgIpc) is 2.40. The quantitative estimate of drug-likeness (QED) is 0.753. The van der Waals surface area contributed by atoms with Gasteiger partial charge in [0.2, 0.25) is 0 Å². The van der Waals surface area contributed by atoms with Crippen LogP contribution in [0.1, 0.15) is 0 Å². The maximum atomic E-state index is 11.9. The predicted molar refractivity (Wildman–Crippen MR) is 53.4 cm³/mol. The molecule has 2 rings (SSSR count). The van der Waals surface area contributed by atoms with Gasteiger partial charge in [0, 0.05) is 28.7 Å². The van der Waals surface area contributed by atoms with Crippen LogP contribution >= 0.6 is 22.6 Å². The second-order valence-corrected chi connectivity index (χ2v) is 3.57. The molecule has 0 atom stereocenters. The highest BCUT2D eigenvalue weighted by molar-refractivity contribution is 14.1. The first-order valence-corrected chi connectivity index (χ1v) is 4.84. The van der Waals surface area contributed by atoms with Gasteiger partial charge in [0.05, 0.1) is 0 Å². The Labute approximate surface area is 95.4 Å². The number of aromatic nitrogens is 1. The van der Waals surface area contributed by atoms with E-state index in [-0.39, 0.29) is 11.3 Å². The summed E-state index contributed by atoms with van der Waals surface area (Å²) < 4.78 is 44.8. The van der Waals surface area contributed by atoms with Crippen LogP contribution < -0.4 is 4.74 Å². The van der Waals surface area contributed by atoms with Gasteiger partial charge in [0.1, 0.15) is 11.3 Å². The van der Waals surface area contributed by atoms with E-state index in [0.717, 1.165) is 6.07 Å². The lowest BCUT2D eigenvalue weighted by molar-refractivity contribution is -0.274. The molecule has 0 amide bonds. The molecule has 0 saturated carbocycles. The monoisotopic (exact) mass is 329 g/mol. The van der Waals surface area contributed by atoms with Crippen molar-refractivity contribution in [1.29, 1.82) is 0 Å². The summed E-state index contributed by atoms with van der Waals surface area (Å²) in [6, 6.07) is 3.74. The van der Waals surface area contributed by atoms with Crippen molar-refractivity contribution < 1.29 is 22.3 Å². The molecule has 0 radical (unpaired) electrons. The van der Waals surface area contributed by atoms with E-state index in [1.807, 2.05) is 22.6 Å². The van der Waals surface area contributed by atoms with Gasteiger partial charge in [0.25, 0.3) is 3.90 Å². The van der Waals surface area contributed by atoms with Crippen LogP contribution in [0.3, 0.4) is 0 Å². The zero-order valence-corrected chi connectivity index (χ0v) is 9.17. The number of alkyl halides is 3. The van der Waals surface area contributed by atoms with E-state index in [9.17, 15) is 13.2 Å². The van der Waals surface area contributed by atoms with E-state index in [1.54, 1.807) is 0 Å². The lowest BCUT2D eigenvalue weighted by Crippen LogP contribution is -2.16. The second kappa shape index (κ2) is 3.54. The summed E-state index contributed by atoms with van der Waals surface area (Å²) in [7, 11) is 0. The summed E-state index contributed by atoms with van der Waals surface area (Å²) in [6.07, 6.45) is -4.69. The minimum atomic E-state index is -4.69. The fraction of sp³-hybridized carbons (Fsp3) is 0.125. The number of oxazole rings is 1. The van der Waals surface area contributed by atoms with Gasteiger partial charge in [0.15, 0.2) is 5.58 Å². The van der Waals surface area contributed by atoms with Crippen molar-refractivity contribution in [1.82, 2.24) is 4.98 Å². The molecule has 1 aromatic carbocycles. The van der Waals surface area contributed by atoms with Gasteiger partial charge in [-0.05, 0) is 12.1 Å². The van der Waals surface area contributed by atoms with Crippen molar-refractivity contribution in [3.8, 4) is 5.75 Å². The summed E-state index contributed by atoms with van der Waals surface area (Å²) in [5.41, 5.74) is 0.759. The van der Waals surface area contributed by atoms with Crippen LogP contribution in [0, 0.1) is 3.90 Å².